The molecule has 25 heavy (non-hydrogen) atoms. The molecule has 0 amide bonds. The van der Waals surface area contributed by atoms with Crippen molar-refractivity contribution < 1.29 is 9.26 Å². The molecular weight excluding hydrogens is 314 g/mol. The van der Waals surface area contributed by atoms with Crippen LogP contribution in [0, 0.1) is 0 Å². The minimum Gasteiger partial charge on any atom is -0.374 e. The number of benzene rings is 2. The van der Waals surface area contributed by atoms with Crippen LogP contribution < -0.4 is 0 Å². The summed E-state index contributed by atoms with van der Waals surface area (Å²) in [5, 5.41) is 4.00. The topological polar surface area (TPSA) is 53.1 Å². The lowest BCUT2D eigenvalue weighted by molar-refractivity contribution is 0.0657. The van der Waals surface area contributed by atoms with Gasteiger partial charge in [0.2, 0.25) is 0 Å². The van der Waals surface area contributed by atoms with Gasteiger partial charge in [-0.25, -0.2) is 4.98 Å². The van der Waals surface area contributed by atoms with Gasteiger partial charge in [-0.1, -0.05) is 23.4 Å². The minimum atomic E-state index is 0.215. The summed E-state index contributed by atoms with van der Waals surface area (Å²) in [7, 11) is 0. The first-order chi connectivity index (χ1) is 12.2. The van der Waals surface area contributed by atoms with Gasteiger partial charge in [-0.3, -0.25) is 4.57 Å². The molecule has 0 unspecified atom stereocenters. The summed E-state index contributed by atoms with van der Waals surface area (Å²) in [6, 6.07) is 16.3. The molecule has 0 spiro atoms. The van der Waals surface area contributed by atoms with Gasteiger partial charge in [-0.15, -0.1) is 0 Å². The van der Waals surface area contributed by atoms with Crippen molar-refractivity contribution in [2.45, 2.75) is 26.6 Å². The average molecular weight is 333 g/mol. The van der Waals surface area contributed by atoms with Crippen LogP contribution in [-0.2, 0) is 11.3 Å². The molecule has 5 heteroatoms. The zero-order valence-electron chi connectivity index (χ0n) is 14.2. The summed E-state index contributed by atoms with van der Waals surface area (Å²) < 4.78 is 12.7. The van der Waals surface area contributed by atoms with Crippen molar-refractivity contribution in [1.82, 2.24) is 14.7 Å². The highest BCUT2D eigenvalue weighted by Crippen LogP contribution is 2.24. The summed E-state index contributed by atoms with van der Waals surface area (Å²) >= 11 is 0. The lowest BCUT2D eigenvalue weighted by Crippen LogP contribution is -2.02. The van der Waals surface area contributed by atoms with Crippen LogP contribution in [0.5, 0.6) is 0 Å². The third kappa shape index (κ3) is 3.19. The molecule has 0 aliphatic carbocycles. The average Bonchev–Trinajstić information content (AvgIpc) is 3.29. The van der Waals surface area contributed by atoms with Crippen LogP contribution in [0.2, 0.25) is 0 Å². The van der Waals surface area contributed by atoms with E-state index in [9.17, 15) is 0 Å². The molecule has 0 radical (unpaired) electrons. The number of imidazole rings is 1. The van der Waals surface area contributed by atoms with E-state index < -0.39 is 0 Å². The zero-order valence-corrected chi connectivity index (χ0v) is 14.2. The van der Waals surface area contributed by atoms with E-state index in [1.165, 1.54) is 0 Å². The maximum absolute atomic E-state index is 5.67. The van der Waals surface area contributed by atoms with Crippen LogP contribution in [0.4, 0.5) is 0 Å². The molecule has 5 nitrogen and oxygen atoms in total. The van der Waals surface area contributed by atoms with Crippen molar-refractivity contribution in [3.8, 4) is 16.9 Å². The first-order valence-corrected chi connectivity index (χ1v) is 8.29. The lowest BCUT2D eigenvalue weighted by Gasteiger charge is -2.08. The predicted octanol–water partition coefficient (Wildman–Crippen LogP) is 4.61. The van der Waals surface area contributed by atoms with E-state index in [0.717, 1.165) is 33.5 Å². The second-order valence-corrected chi connectivity index (χ2v) is 6.23. The van der Waals surface area contributed by atoms with E-state index in [0.29, 0.717) is 6.61 Å². The van der Waals surface area contributed by atoms with E-state index >= 15 is 0 Å². The normalized spacial score (nSPS) is 11.5. The quantitative estimate of drug-likeness (QED) is 0.535. The van der Waals surface area contributed by atoms with Crippen LogP contribution in [0.25, 0.3) is 28.0 Å². The van der Waals surface area contributed by atoms with Crippen LogP contribution >= 0.6 is 0 Å². The summed E-state index contributed by atoms with van der Waals surface area (Å²) in [5.74, 6) is 0. The number of ether oxygens (including phenoxy) is 1. The summed E-state index contributed by atoms with van der Waals surface area (Å²) in [4.78, 5) is 4.55. The van der Waals surface area contributed by atoms with Gasteiger partial charge in [0.15, 0.2) is 0 Å². The van der Waals surface area contributed by atoms with Gasteiger partial charge in [-0.2, -0.15) is 0 Å². The third-order valence-corrected chi connectivity index (χ3v) is 4.05. The van der Waals surface area contributed by atoms with Crippen molar-refractivity contribution in [2.75, 3.05) is 0 Å². The molecule has 126 valence electrons. The maximum atomic E-state index is 5.67. The first kappa shape index (κ1) is 15.6. The second-order valence-electron chi connectivity index (χ2n) is 6.23. The molecule has 2 aromatic heterocycles. The summed E-state index contributed by atoms with van der Waals surface area (Å²) in [5.41, 5.74) is 6.01. The molecule has 2 heterocycles. The fourth-order valence-corrected chi connectivity index (χ4v) is 2.79. The van der Waals surface area contributed by atoms with Crippen LogP contribution in [0.1, 0.15) is 19.4 Å². The number of fused-ring (bicyclic) bond motifs is 1. The molecule has 0 saturated carbocycles. The molecule has 4 aromatic rings. The Labute approximate surface area is 145 Å². The highest BCUT2D eigenvalue weighted by atomic mass is 16.5. The number of nitrogens with zero attached hydrogens (tertiary/aromatic N) is 3. The molecule has 0 N–H and O–H groups in total. The highest BCUT2D eigenvalue weighted by molar-refractivity contribution is 5.78. The molecule has 4 rings (SSSR count). The number of rotatable bonds is 5. The Kier molecular flexibility index (Phi) is 4.07. The molecule has 0 aliphatic heterocycles. The highest BCUT2D eigenvalue weighted by Gasteiger charge is 2.08. The van der Waals surface area contributed by atoms with Crippen LogP contribution in [0.15, 0.2) is 65.6 Å². The minimum absolute atomic E-state index is 0.215. The Morgan fingerprint density at radius 3 is 2.84 bits per heavy atom. The molecule has 0 saturated heterocycles. The number of aromatic nitrogens is 3. The SMILES string of the molecule is CC(C)OCc1ccc2c(c1)ncn2-c1cccc(-c2ccon2)c1. The van der Waals surface area contributed by atoms with Crippen LogP contribution in [0.3, 0.4) is 0 Å². The molecule has 0 bridgehead atoms. The summed E-state index contributed by atoms with van der Waals surface area (Å²) in [6.07, 6.45) is 3.64. The van der Waals surface area contributed by atoms with Gasteiger partial charge in [0, 0.05) is 17.3 Å². The number of hydrogen-bond donors (Lipinski definition) is 0. The standard InChI is InChI=1S/C20H19N3O2/c1-14(2)24-12-15-6-7-20-19(10-15)21-13-23(20)17-5-3-4-16(11-17)18-8-9-25-22-18/h3-11,13-14H,12H2,1-2H3. The van der Waals surface area contributed by atoms with Crippen molar-refractivity contribution in [3.05, 3.63) is 66.7 Å². The lowest BCUT2D eigenvalue weighted by atomic mass is 10.1. The van der Waals surface area contributed by atoms with Crippen molar-refractivity contribution in [2.24, 2.45) is 0 Å². The predicted molar refractivity (Wildman–Crippen MR) is 96.5 cm³/mol. The van der Waals surface area contributed by atoms with Gasteiger partial charge >= 0.3 is 0 Å². The maximum Gasteiger partial charge on any atom is 0.124 e. The van der Waals surface area contributed by atoms with Crippen molar-refractivity contribution >= 4 is 11.0 Å². The van der Waals surface area contributed by atoms with Gasteiger partial charge in [-0.05, 0) is 43.7 Å². The molecular formula is C20H19N3O2. The molecule has 0 atom stereocenters. The van der Waals surface area contributed by atoms with E-state index in [2.05, 4.69) is 45.0 Å². The van der Waals surface area contributed by atoms with Crippen LogP contribution in [-0.4, -0.2) is 20.8 Å². The second kappa shape index (κ2) is 6.53. The Morgan fingerprint density at radius 2 is 2.04 bits per heavy atom. The van der Waals surface area contributed by atoms with Gasteiger partial charge in [0.05, 0.1) is 23.7 Å². The smallest absolute Gasteiger partial charge is 0.124 e. The first-order valence-electron chi connectivity index (χ1n) is 8.29. The Morgan fingerprint density at radius 1 is 1.12 bits per heavy atom. The molecule has 0 aliphatic rings. The van der Waals surface area contributed by atoms with Crippen molar-refractivity contribution in [1.29, 1.82) is 0 Å². The zero-order chi connectivity index (χ0) is 17.2. The fourth-order valence-electron chi connectivity index (χ4n) is 2.79. The molecule has 0 fully saturated rings. The number of hydrogen-bond acceptors (Lipinski definition) is 4. The van der Waals surface area contributed by atoms with E-state index in [1.807, 2.05) is 38.4 Å². The molecule has 2 aromatic carbocycles. The Bertz CT molecular complexity index is 987. The Hall–Kier alpha value is -2.92. The van der Waals surface area contributed by atoms with E-state index in [4.69, 9.17) is 9.26 Å². The summed E-state index contributed by atoms with van der Waals surface area (Å²) in [6.45, 7) is 4.67. The van der Waals surface area contributed by atoms with Gasteiger partial charge < -0.3 is 9.26 Å². The van der Waals surface area contributed by atoms with Gasteiger partial charge in [0.1, 0.15) is 18.3 Å². The van der Waals surface area contributed by atoms with Gasteiger partial charge in [0.25, 0.3) is 0 Å². The monoisotopic (exact) mass is 333 g/mol. The van der Waals surface area contributed by atoms with Crippen molar-refractivity contribution in [3.63, 3.8) is 0 Å². The van der Waals surface area contributed by atoms with E-state index in [-0.39, 0.29) is 6.10 Å². The fraction of sp³-hybridized carbons (Fsp3) is 0.200. The third-order valence-electron chi connectivity index (χ3n) is 4.05. The van der Waals surface area contributed by atoms with E-state index in [1.54, 1.807) is 6.26 Å². The Balaban J connectivity index is 1.69. The largest absolute Gasteiger partial charge is 0.374 e.